The number of rotatable bonds is 5. The molecule has 2 aromatic heterocycles. The lowest BCUT2D eigenvalue weighted by Gasteiger charge is -2.26. The average Bonchev–Trinajstić information content (AvgIpc) is 3.36. The van der Waals surface area contributed by atoms with Gasteiger partial charge in [0, 0.05) is 54.1 Å². The van der Waals surface area contributed by atoms with E-state index in [0.717, 1.165) is 36.5 Å². The molecule has 0 radical (unpaired) electrons. The van der Waals surface area contributed by atoms with Crippen molar-refractivity contribution in [1.82, 2.24) is 14.1 Å². The van der Waals surface area contributed by atoms with Gasteiger partial charge >= 0.3 is 0 Å². The summed E-state index contributed by atoms with van der Waals surface area (Å²) in [5.41, 5.74) is 6.37. The molecule has 160 valence electrons. The Hall–Kier alpha value is -3.85. The normalized spacial score (nSPS) is 16.8. The van der Waals surface area contributed by atoms with Crippen LogP contribution >= 0.6 is 0 Å². The van der Waals surface area contributed by atoms with Gasteiger partial charge in [-0.25, -0.2) is 4.98 Å². The molecule has 4 aromatic rings. The van der Waals surface area contributed by atoms with Crippen LogP contribution in [-0.2, 0) is 31.5 Å². The summed E-state index contributed by atoms with van der Waals surface area (Å²) in [4.78, 5) is 10.3. The molecule has 0 saturated heterocycles. The Labute approximate surface area is 187 Å². The van der Waals surface area contributed by atoms with Crippen LogP contribution in [-0.4, -0.2) is 19.8 Å². The van der Waals surface area contributed by atoms with Gasteiger partial charge in [-0.1, -0.05) is 35.5 Å². The van der Waals surface area contributed by atoms with E-state index in [1.54, 1.807) is 12.1 Å². The zero-order valence-corrected chi connectivity index (χ0v) is 18.3. The molecule has 1 aliphatic carbocycles. The summed E-state index contributed by atoms with van der Waals surface area (Å²) in [5, 5.41) is 14.9. The van der Waals surface area contributed by atoms with Gasteiger partial charge < -0.3 is 14.0 Å². The SMILES string of the molecule is Cc1nccn1CC1CCc2c(c3ccccc3n2C)C1=NOCc1ccc(C#N)cc1. The minimum atomic E-state index is 0.238. The third-order valence-corrected chi connectivity index (χ3v) is 6.42. The lowest BCUT2D eigenvalue weighted by molar-refractivity contribution is 0.128. The minimum absolute atomic E-state index is 0.238. The number of para-hydroxylation sites is 1. The smallest absolute Gasteiger partial charge is 0.142 e. The number of nitrogens with zero attached hydrogens (tertiary/aromatic N) is 5. The maximum atomic E-state index is 9.00. The molecular formula is C26H25N5O. The predicted molar refractivity (Wildman–Crippen MR) is 124 cm³/mol. The fraction of sp³-hybridized carbons (Fsp3) is 0.269. The number of hydrogen-bond acceptors (Lipinski definition) is 4. The Morgan fingerprint density at radius 2 is 2.00 bits per heavy atom. The zero-order valence-electron chi connectivity index (χ0n) is 18.3. The Bertz CT molecular complexity index is 1340. The van der Waals surface area contributed by atoms with Gasteiger partial charge in [-0.05, 0) is 43.5 Å². The van der Waals surface area contributed by atoms with Crippen molar-refractivity contribution in [2.45, 2.75) is 32.9 Å². The van der Waals surface area contributed by atoms with Crippen molar-refractivity contribution in [2.24, 2.45) is 18.1 Å². The van der Waals surface area contributed by atoms with Gasteiger partial charge in [0.15, 0.2) is 0 Å². The van der Waals surface area contributed by atoms with E-state index in [4.69, 9.17) is 15.3 Å². The summed E-state index contributed by atoms with van der Waals surface area (Å²) in [6, 6.07) is 18.1. The van der Waals surface area contributed by atoms with E-state index in [-0.39, 0.29) is 5.92 Å². The maximum absolute atomic E-state index is 9.00. The molecule has 6 heteroatoms. The highest BCUT2D eigenvalue weighted by Crippen LogP contribution is 2.35. The molecule has 0 N–H and O–H groups in total. The van der Waals surface area contributed by atoms with Gasteiger partial charge in [0.1, 0.15) is 12.4 Å². The van der Waals surface area contributed by atoms with Crippen LogP contribution in [0.3, 0.4) is 0 Å². The Kier molecular flexibility index (Phi) is 5.24. The number of imidazole rings is 1. The van der Waals surface area contributed by atoms with Gasteiger partial charge in [0.25, 0.3) is 0 Å². The largest absolute Gasteiger partial charge is 0.391 e. The summed E-state index contributed by atoms with van der Waals surface area (Å²) in [5.74, 6) is 1.24. The van der Waals surface area contributed by atoms with Gasteiger partial charge in [0.2, 0.25) is 0 Å². The number of aryl methyl sites for hydroxylation is 2. The van der Waals surface area contributed by atoms with Crippen LogP contribution in [0.2, 0.25) is 0 Å². The van der Waals surface area contributed by atoms with Crippen LogP contribution < -0.4 is 0 Å². The van der Waals surface area contributed by atoms with E-state index < -0.39 is 0 Å². The lowest BCUT2D eigenvalue weighted by Crippen LogP contribution is -2.28. The molecule has 1 unspecified atom stereocenters. The quantitative estimate of drug-likeness (QED) is 0.436. The third kappa shape index (κ3) is 3.56. The summed E-state index contributed by atoms with van der Waals surface area (Å²) in [7, 11) is 2.14. The standard InChI is InChI=1S/C26H25N5O/c1-18-28-13-14-31(18)16-21-11-12-24-25(22-5-3-4-6-23(22)30(24)2)26(21)29-32-17-20-9-7-19(15-27)8-10-20/h3-10,13-14,21H,11-12,16-17H2,1-2H3. The van der Waals surface area contributed by atoms with Crippen molar-refractivity contribution in [3.63, 3.8) is 0 Å². The zero-order chi connectivity index (χ0) is 22.1. The van der Waals surface area contributed by atoms with E-state index in [1.165, 1.54) is 22.2 Å². The fourth-order valence-electron chi connectivity index (χ4n) is 4.66. The fourth-order valence-corrected chi connectivity index (χ4v) is 4.66. The number of oxime groups is 1. The molecule has 0 amide bonds. The highest BCUT2D eigenvalue weighted by molar-refractivity contribution is 6.13. The molecule has 2 aromatic carbocycles. The molecule has 5 rings (SSSR count). The number of fused-ring (bicyclic) bond motifs is 3. The third-order valence-electron chi connectivity index (χ3n) is 6.42. The number of hydrogen-bond donors (Lipinski definition) is 0. The van der Waals surface area contributed by atoms with Crippen molar-refractivity contribution in [3.05, 3.63) is 89.1 Å². The van der Waals surface area contributed by atoms with E-state index in [1.807, 2.05) is 31.5 Å². The van der Waals surface area contributed by atoms with Crippen LogP contribution in [0.25, 0.3) is 10.9 Å². The molecule has 32 heavy (non-hydrogen) atoms. The highest BCUT2D eigenvalue weighted by atomic mass is 16.6. The first-order valence-electron chi connectivity index (χ1n) is 10.9. The monoisotopic (exact) mass is 423 g/mol. The van der Waals surface area contributed by atoms with Gasteiger partial charge in [-0.3, -0.25) is 0 Å². The number of benzene rings is 2. The second kappa shape index (κ2) is 8.35. The van der Waals surface area contributed by atoms with E-state index in [0.29, 0.717) is 12.2 Å². The van der Waals surface area contributed by atoms with Crippen molar-refractivity contribution in [3.8, 4) is 6.07 Å². The highest BCUT2D eigenvalue weighted by Gasteiger charge is 2.31. The molecule has 1 aliphatic rings. The van der Waals surface area contributed by atoms with E-state index in [9.17, 15) is 0 Å². The van der Waals surface area contributed by atoms with Gasteiger partial charge in [-0.15, -0.1) is 0 Å². The summed E-state index contributed by atoms with van der Waals surface area (Å²) in [6.45, 7) is 3.23. The number of aromatic nitrogens is 3. The molecular weight excluding hydrogens is 398 g/mol. The van der Waals surface area contributed by atoms with Crippen LogP contribution in [0, 0.1) is 24.2 Å². The van der Waals surface area contributed by atoms with Crippen LogP contribution in [0.4, 0.5) is 0 Å². The first kappa shape index (κ1) is 20.1. The summed E-state index contributed by atoms with van der Waals surface area (Å²) in [6.07, 6.45) is 5.89. The summed E-state index contributed by atoms with van der Waals surface area (Å²) < 4.78 is 4.48. The first-order valence-corrected chi connectivity index (χ1v) is 10.9. The van der Waals surface area contributed by atoms with Crippen molar-refractivity contribution in [1.29, 1.82) is 5.26 Å². The van der Waals surface area contributed by atoms with Crippen LogP contribution in [0.5, 0.6) is 0 Å². The van der Waals surface area contributed by atoms with Gasteiger partial charge in [0.05, 0.1) is 17.3 Å². The molecule has 0 fully saturated rings. The molecule has 0 aliphatic heterocycles. The van der Waals surface area contributed by atoms with E-state index >= 15 is 0 Å². The number of nitriles is 1. The first-order chi connectivity index (χ1) is 15.7. The van der Waals surface area contributed by atoms with Crippen molar-refractivity contribution < 1.29 is 4.84 Å². The molecule has 0 saturated carbocycles. The maximum Gasteiger partial charge on any atom is 0.142 e. The summed E-state index contributed by atoms with van der Waals surface area (Å²) >= 11 is 0. The second-order valence-electron chi connectivity index (χ2n) is 8.32. The molecule has 1 atom stereocenters. The lowest BCUT2D eigenvalue weighted by atomic mass is 9.84. The Morgan fingerprint density at radius 3 is 2.75 bits per heavy atom. The Morgan fingerprint density at radius 1 is 1.19 bits per heavy atom. The Balaban J connectivity index is 1.51. The van der Waals surface area contributed by atoms with Crippen molar-refractivity contribution >= 4 is 16.6 Å². The van der Waals surface area contributed by atoms with Crippen molar-refractivity contribution in [2.75, 3.05) is 0 Å². The second-order valence-corrected chi connectivity index (χ2v) is 8.32. The van der Waals surface area contributed by atoms with Crippen LogP contribution in [0.15, 0.2) is 66.1 Å². The molecule has 0 spiro atoms. The van der Waals surface area contributed by atoms with Crippen LogP contribution in [0.1, 0.15) is 34.6 Å². The van der Waals surface area contributed by atoms with Gasteiger partial charge in [-0.2, -0.15) is 5.26 Å². The topological polar surface area (TPSA) is 68.1 Å². The molecule has 2 heterocycles. The molecule has 0 bridgehead atoms. The van der Waals surface area contributed by atoms with E-state index in [2.05, 4.69) is 51.5 Å². The minimum Gasteiger partial charge on any atom is -0.391 e. The molecule has 6 nitrogen and oxygen atoms in total. The predicted octanol–water partition coefficient (Wildman–Crippen LogP) is 4.74. The average molecular weight is 424 g/mol.